The van der Waals surface area contributed by atoms with Gasteiger partial charge in [-0.3, -0.25) is 0 Å². The van der Waals surface area contributed by atoms with Gasteiger partial charge in [0.2, 0.25) is 0 Å². The number of nitrogens with two attached hydrogens (primary N) is 4. The van der Waals surface area contributed by atoms with E-state index in [4.69, 9.17) is 22.9 Å². The fraction of sp³-hybridized carbons (Fsp3) is 0.545. The number of hydrogen-bond donors (Lipinski definition) is 10. The molecule has 0 aliphatic heterocycles. The van der Waals surface area contributed by atoms with Crippen LogP contribution in [0.5, 0.6) is 0 Å². The summed E-state index contributed by atoms with van der Waals surface area (Å²) in [6.07, 6.45) is 8.07. The van der Waals surface area contributed by atoms with Crippen molar-refractivity contribution >= 4 is 0 Å². The summed E-state index contributed by atoms with van der Waals surface area (Å²) in [6.45, 7) is 40.0. The zero-order chi connectivity index (χ0) is 40.5. The molecule has 1 aromatic carbocycles. The van der Waals surface area contributed by atoms with Crippen LogP contribution in [-0.2, 0) is 6.42 Å². The Morgan fingerprint density at radius 2 is 1.17 bits per heavy atom. The zero-order valence-corrected chi connectivity index (χ0v) is 34.2. The number of hydrogen-bond acceptors (Lipinski definition) is 10. The molecule has 304 valence electrons. The molecule has 0 heterocycles. The lowest BCUT2D eigenvalue weighted by Gasteiger charge is -2.32. The molecule has 0 spiro atoms. The molecule has 0 fully saturated rings. The van der Waals surface area contributed by atoms with Crippen molar-refractivity contribution in [3.05, 3.63) is 122 Å². The van der Waals surface area contributed by atoms with E-state index >= 15 is 0 Å². The van der Waals surface area contributed by atoms with Crippen molar-refractivity contribution in [1.82, 2.24) is 31.9 Å². The monoisotopic (exact) mass is 747 g/mol. The number of nitrogens with one attached hydrogen (secondary N) is 6. The second kappa shape index (κ2) is 27.6. The van der Waals surface area contributed by atoms with Gasteiger partial charge in [-0.25, -0.2) is 0 Å². The van der Waals surface area contributed by atoms with Crippen LogP contribution < -0.4 is 54.8 Å². The topological polar surface area (TPSA) is 176 Å². The number of unbranched alkanes of at least 4 members (excludes halogenated alkanes) is 1. The molecule has 10 nitrogen and oxygen atoms in total. The molecule has 14 N–H and O–H groups in total. The number of rotatable bonds is 34. The molecule has 0 bridgehead atoms. The van der Waals surface area contributed by atoms with Gasteiger partial charge in [0, 0.05) is 65.8 Å². The summed E-state index contributed by atoms with van der Waals surface area (Å²) in [7, 11) is 0. The summed E-state index contributed by atoms with van der Waals surface area (Å²) in [5, 5.41) is 21.3. The fourth-order valence-electron chi connectivity index (χ4n) is 6.22. The first kappa shape index (κ1) is 48.1. The second-order valence-electron chi connectivity index (χ2n) is 15.0. The highest BCUT2D eigenvalue weighted by atomic mass is 15.1. The quantitative estimate of drug-likeness (QED) is 0.0336. The summed E-state index contributed by atoms with van der Waals surface area (Å²) in [6, 6.07) is 10.4. The van der Waals surface area contributed by atoms with E-state index in [2.05, 4.69) is 111 Å². The van der Waals surface area contributed by atoms with E-state index in [0.717, 1.165) is 104 Å². The third-order valence-corrected chi connectivity index (χ3v) is 9.58. The van der Waals surface area contributed by atoms with Crippen LogP contribution in [0.15, 0.2) is 116 Å². The molecule has 54 heavy (non-hydrogen) atoms. The van der Waals surface area contributed by atoms with Gasteiger partial charge in [0.25, 0.3) is 0 Å². The van der Waals surface area contributed by atoms with Gasteiger partial charge in [0.15, 0.2) is 0 Å². The number of benzene rings is 1. The molecule has 5 unspecified atom stereocenters. The van der Waals surface area contributed by atoms with E-state index in [1.807, 2.05) is 18.2 Å². The Hall–Kier alpha value is -3.96. The van der Waals surface area contributed by atoms with Gasteiger partial charge in [-0.05, 0) is 89.3 Å². The van der Waals surface area contributed by atoms with Gasteiger partial charge < -0.3 is 54.8 Å². The normalized spacial score (nSPS) is 13.8. The maximum Gasteiger partial charge on any atom is 0.0653 e. The Balaban J connectivity index is 2.69. The van der Waals surface area contributed by atoms with Crippen LogP contribution in [0.25, 0.3) is 0 Å². The average molecular weight is 747 g/mol. The van der Waals surface area contributed by atoms with Crippen LogP contribution >= 0.6 is 0 Å². The van der Waals surface area contributed by atoms with E-state index in [0.29, 0.717) is 38.6 Å². The molecule has 0 saturated heterocycles. The SMILES string of the molecule is C=C(CNC(=C)C(CN)Cc1ccccc1)NC(CCCN)C(=C)NCCCCC(NC(=C)C(CCCN)NC(=C)C(CC(C)C)NC(=C)CN)C(=C)C. The minimum Gasteiger partial charge on any atom is -0.387 e. The van der Waals surface area contributed by atoms with Crippen LogP contribution in [0.1, 0.15) is 77.7 Å². The van der Waals surface area contributed by atoms with Gasteiger partial charge in [0.05, 0.1) is 24.7 Å². The van der Waals surface area contributed by atoms with Crippen molar-refractivity contribution in [3.63, 3.8) is 0 Å². The zero-order valence-electron chi connectivity index (χ0n) is 34.2. The average Bonchev–Trinajstić information content (AvgIpc) is 3.14. The van der Waals surface area contributed by atoms with Gasteiger partial charge in [-0.2, -0.15) is 0 Å². The Morgan fingerprint density at radius 1 is 0.611 bits per heavy atom. The Bertz CT molecular complexity index is 1300. The molecular formula is C44H78N10. The van der Waals surface area contributed by atoms with E-state index in [9.17, 15) is 0 Å². The van der Waals surface area contributed by atoms with Crippen LogP contribution in [0.4, 0.5) is 0 Å². The predicted molar refractivity (Wildman–Crippen MR) is 235 cm³/mol. The first-order chi connectivity index (χ1) is 25.8. The Kier molecular flexibility index (Phi) is 24.6. The summed E-state index contributed by atoms with van der Waals surface area (Å²) < 4.78 is 0. The fourth-order valence-corrected chi connectivity index (χ4v) is 6.22. The smallest absolute Gasteiger partial charge is 0.0653 e. The van der Waals surface area contributed by atoms with Gasteiger partial charge >= 0.3 is 0 Å². The third-order valence-electron chi connectivity index (χ3n) is 9.58. The maximum atomic E-state index is 6.11. The summed E-state index contributed by atoms with van der Waals surface area (Å²) in [4.78, 5) is 0. The van der Waals surface area contributed by atoms with Crippen LogP contribution in [0.2, 0.25) is 0 Å². The standard InChI is InChI=1S/C44H78N10/c1-31(2)26-44(51-33(5)28-47)38(10)54-43(22-17-24-46)37(9)53-41(32(3)4)20-14-15-25-49-36(8)42(21-16-23-45)52-34(6)30-50-35(7)40(29-48)27-39-18-12-11-13-19-39/h11-13,18-19,31,40-44,49-54H,3,5-10,14-17,20-30,45-48H2,1-2,4H3. The summed E-state index contributed by atoms with van der Waals surface area (Å²) in [5.74, 6) is 0.603. The molecule has 0 aliphatic rings. The Labute approximate surface area is 329 Å². The molecule has 0 amide bonds. The van der Waals surface area contributed by atoms with E-state index in [1.165, 1.54) is 5.56 Å². The molecule has 5 atom stereocenters. The van der Waals surface area contributed by atoms with E-state index in [1.54, 1.807) is 0 Å². The lowest BCUT2D eigenvalue weighted by Crippen LogP contribution is -2.45. The predicted octanol–water partition coefficient (Wildman–Crippen LogP) is 5.13. The van der Waals surface area contributed by atoms with Crippen LogP contribution in [-0.4, -0.2) is 63.4 Å². The summed E-state index contributed by atoms with van der Waals surface area (Å²) >= 11 is 0. The van der Waals surface area contributed by atoms with Crippen LogP contribution in [0, 0.1) is 11.8 Å². The maximum absolute atomic E-state index is 6.11. The van der Waals surface area contributed by atoms with Gasteiger partial charge in [-0.15, -0.1) is 0 Å². The molecule has 10 heteroatoms. The van der Waals surface area contributed by atoms with Gasteiger partial charge in [-0.1, -0.05) is 95.8 Å². The lowest BCUT2D eigenvalue weighted by atomic mass is 9.96. The molecule has 0 radical (unpaired) electrons. The third kappa shape index (κ3) is 19.9. The van der Waals surface area contributed by atoms with Crippen molar-refractivity contribution < 1.29 is 0 Å². The summed E-state index contributed by atoms with van der Waals surface area (Å²) in [5.41, 5.74) is 31.4. The van der Waals surface area contributed by atoms with Crippen molar-refractivity contribution in [3.8, 4) is 0 Å². The van der Waals surface area contributed by atoms with E-state index in [-0.39, 0.29) is 30.1 Å². The second-order valence-corrected chi connectivity index (χ2v) is 15.0. The van der Waals surface area contributed by atoms with Crippen molar-refractivity contribution in [2.24, 2.45) is 34.8 Å². The van der Waals surface area contributed by atoms with Crippen molar-refractivity contribution in [2.45, 2.75) is 103 Å². The first-order valence-corrected chi connectivity index (χ1v) is 19.9. The van der Waals surface area contributed by atoms with Crippen molar-refractivity contribution in [1.29, 1.82) is 0 Å². The molecular weight excluding hydrogens is 669 g/mol. The largest absolute Gasteiger partial charge is 0.387 e. The minimum atomic E-state index is -0.0344. The highest BCUT2D eigenvalue weighted by Gasteiger charge is 2.22. The highest BCUT2D eigenvalue weighted by Crippen LogP contribution is 2.18. The molecule has 0 aliphatic carbocycles. The molecule has 1 rings (SSSR count). The first-order valence-electron chi connectivity index (χ1n) is 19.9. The highest BCUT2D eigenvalue weighted by molar-refractivity contribution is 5.19. The molecule has 1 aromatic rings. The van der Waals surface area contributed by atoms with Crippen molar-refractivity contribution in [2.75, 3.05) is 39.3 Å². The molecule has 0 aromatic heterocycles. The van der Waals surface area contributed by atoms with Gasteiger partial charge in [0.1, 0.15) is 0 Å². The Morgan fingerprint density at radius 3 is 1.72 bits per heavy atom. The van der Waals surface area contributed by atoms with Crippen LogP contribution in [0.3, 0.4) is 0 Å². The molecule has 0 saturated carbocycles. The lowest BCUT2D eigenvalue weighted by molar-refractivity contribution is 0.435. The van der Waals surface area contributed by atoms with E-state index < -0.39 is 0 Å². The minimum absolute atomic E-state index is 0.00695.